The van der Waals surface area contributed by atoms with E-state index >= 15 is 0 Å². The van der Waals surface area contributed by atoms with Gasteiger partial charge in [0, 0.05) is 24.1 Å². The zero-order valence-corrected chi connectivity index (χ0v) is 18.4. The molecule has 5 heteroatoms. The molecule has 1 saturated heterocycles. The molecule has 5 nitrogen and oxygen atoms in total. The minimum Gasteiger partial charge on any atom is -0.493 e. The van der Waals surface area contributed by atoms with Crippen LogP contribution in [0, 0.1) is 0 Å². The van der Waals surface area contributed by atoms with Crippen molar-refractivity contribution in [2.75, 3.05) is 25.7 Å². The summed E-state index contributed by atoms with van der Waals surface area (Å²) in [6.45, 7) is 7.31. The maximum absolute atomic E-state index is 12.6. The van der Waals surface area contributed by atoms with Crippen molar-refractivity contribution in [2.45, 2.75) is 44.7 Å². The van der Waals surface area contributed by atoms with E-state index < -0.39 is 5.66 Å². The third-order valence-electron chi connectivity index (χ3n) is 6.63. The van der Waals surface area contributed by atoms with Crippen molar-refractivity contribution in [1.29, 1.82) is 0 Å². The molecule has 0 saturated carbocycles. The van der Waals surface area contributed by atoms with Gasteiger partial charge in [-0.2, -0.15) is 0 Å². The lowest BCUT2D eigenvalue weighted by atomic mass is 9.74. The van der Waals surface area contributed by atoms with Crippen LogP contribution in [0.1, 0.15) is 43.9 Å². The summed E-state index contributed by atoms with van der Waals surface area (Å²) in [6, 6.07) is 12.5. The van der Waals surface area contributed by atoms with Crippen molar-refractivity contribution in [3.63, 3.8) is 0 Å². The first-order valence-corrected chi connectivity index (χ1v) is 10.5. The van der Waals surface area contributed by atoms with E-state index in [1.807, 2.05) is 18.2 Å². The van der Waals surface area contributed by atoms with Gasteiger partial charge in [0.25, 0.3) is 0 Å². The van der Waals surface area contributed by atoms with Crippen LogP contribution in [0.5, 0.6) is 11.5 Å². The second-order valence-corrected chi connectivity index (χ2v) is 8.49. The average Bonchev–Trinajstić information content (AvgIpc) is 2.95. The van der Waals surface area contributed by atoms with Crippen molar-refractivity contribution < 1.29 is 14.3 Å². The molecule has 2 aliphatic rings. The minimum atomic E-state index is -0.621. The molecule has 0 spiro atoms. The number of anilines is 1. The van der Waals surface area contributed by atoms with Crippen LogP contribution in [0.4, 0.5) is 5.69 Å². The number of carbonyl (C=O) groups is 1. The molecular formula is C25H30N2O3. The summed E-state index contributed by atoms with van der Waals surface area (Å²) in [6.07, 6.45) is 5.69. The van der Waals surface area contributed by atoms with Gasteiger partial charge in [-0.1, -0.05) is 45.0 Å². The molecule has 1 N–H and O–H groups in total. The Morgan fingerprint density at radius 3 is 2.57 bits per heavy atom. The summed E-state index contributed by atoms with van der Waals surface area (Å²) in [5.41, 5.74) is 3.87. The number of fused-ring (bicyclic) bond motifs is 3. The van der Waals surface area contributed by atoms with E-state index in [0.717, 1.165) is 12.0 Å². The summed E-state index contributed by atoms with van der Waals surface area (Å²) in [5.74, 6) is 1.46. The van der Waals surface area contributed by atoms with Crippen LogP contribution in [-0.4, -0.2) is 32.3 Å². The number of methoxy groups -OCH3 is 2. The monoisotopic (exact) mass is 406 g/mol. The number of rotatable bonds is 5. The summed E-state index contributed by atoms with van der Waals surface area (Å²) < 4.78 is 10.8. The van der Waals surface area contributed by atoms with Crippen LogP contribution >= 0.6 is 0 Å². The minimum absolute atomic E-state index is 0.0832. The summed E-state index contributed by atoms with van der Waals surface area (Å²) in [5, 5.41) is 3.33. The fraction of sp³-hybridized carbons (Fsp3) is 0.400. The summed E-state index contributed by atoms with van der Waals surface area (Å²) in [7, 11) is 3.26. The predicted molar refractivity (Wildman–Crippen MR) is 120 cm³/mol. The molecule has 2 aliphatic heterocycles. The number of nitrogens with zero attached hydrogens (tertiary/aromatic N) is 1. The van der Waals surface area contributed by atoms with Gasteiger partial charge >= 0.3 is 0 Å². The van der Waals surface area contributed by atoms with Gasteiger partial charge in [-0.05, 0) is 47.4 Å². The van der Waals surface area contributed by atoms with Crippen LogP contribution in [-0.2, 0) is 16.6 Å². The highest BCUT2D eigenvalue weighted by Gasteiger charge is 2.57. The predicted octanol–water partition coefficient (Wildman–Crippen LogP) is 4.29. The molecule has 2 heterocycles. The number of carbonyl (C=O) groups excluding carboxylic acids is 1. The van der Waals surface area contributed by atoms with Crippen LogP contribution in [0.3, 0.4) is 0 Å². The largest absolute Gasteiger partial charge is 0.493 e. The third kappa shape index (κ3) is 2.95. The number of benzene rings is 2. The van der Waals surface area contributed by atoms with E-state index in [1.54, 1.807) is 14.2 Å². The molecule has 2 aromatic carbocycles. The highest BCUT2D eigenvalue weighted by Crippen LogP contribution is 2.52. The van der Waals surface area contributed by atoms with Crippen molar-refractivity contribution in [2.24, 2.45) is 0 Å². The Balaban J connectivity index is 1.81. The Morgan fingerprint density at radius 2 is 1.87 bits per heavy atom. The molecule has 4 rings (SSSR count). The van der Waals surface area contributed by atoms with Gasteiger partial charge in [-0.3, -0.25) is 4.79 Å². The molecule has 2 aromatic rings. The maximum atomic E-state index is 12.6. The van der Waals surface area contributed by atoms with E-state index in [-0.39, 0.29) is 11.3 Å². The van der Waals surface area contributed by atoms with Crippen molar-refractivity contribution in [1.82, 2.24) is 5.32 Å². The zero-order valence-electron chi connectivity index (χ0n) is 18.4. The topological polar surface area (TPSA) is 50.8 Å². The fourth-order valence-electron chi connectivity index (χ4n) is 4.79. The smallest absolute Gasteiger partial charge is 0.223 e. The number of nitrogens with one attached hydrogen (secondary N) is 1. The fourth-order valence-corrected chi connectivity index (χ4v) is 4.79. The number of aryl methyl sites for hydroxylation is 1. The van der Waals surface area contributed by atoms with Gasteiger partial charge < -0.3 is 19.7 Å². The SMILES string of the molecule is CCc1ccc2c(c1)C(C)(C)[C@@]1(C=Cc3ccc(OC)c(OC)c3)NC(=O)CCN21. The number of hydrogen-bond acceptors (Lipinski definition) is 4. The lowest BCUT2D eigenvalue weighted by molar-refractivity contribution is -0.124. The standard InChI is InChI=1S/C25H30N2O3/c1-6-17-7-9-20-19(15-17)24(2,3)25(26-23(28)12-14-27(20)25)13-11-18-8-10-21(29-4)22(16-18)30-5/h7-11,13,15-16H,6,12,14H2,1-5H3,(H,26,28)/t25-/m0/s1. The lowest BCUT2D eigenvalue weighted by Crippen LogP contribution is -2.68. The number of ether oxygens (including phenoxy) is 2. The zero-order chi connectivity index (χ0) is 21.5. The molecule has 1 atom stereocenters. The highest BCUT2D eigenvalue weighted by atomic mass is 16.5. The second-order valence-electron chi connectivity index (χ2n) is 8.49. The lowest BCUT2D eigenvalue weighted by Gasteiger charge is -2.49. The van der Waals surface area contributed by atoms with Crippen LogP contribution in [0.15, 0.2) is 42.5 Å². The van der Waals surface area contributed by atoms with E-state index in [9.17, 15) is 4.79 Å². The number of hydrogen-bond donors (Lipinski definition) is 1. The van der Waals surface area contributed by atoms with Gasteiger partial charge in [0.2, 0.25) is 5.91 Å². The van der Waals surface area contributed by atoms with E-state index in [0.29, 0.717) is 24.5 Å². The maximum Gasteiger partial charge on any atom is 0.223 e. The third-order valence-corrected chi connectivity index (χ3v) is 6.63. The highest BCUT2D eigenvalue weighted by molar-refractivity contribution is 5.84. The molecule has 0 radical (unpaired) electrons. The van der Waals surface area contributed by atoms with Crippen LogP contribution in [0.2, 0.25) is 0 Å². The van der Waals surface area contributed by atoms with Gasteiger partial charge in [0.1, 0.15) is 5.66 Å². The molecule has 0 aromatic heterocycles. The second kappa shape index (κ2) is 7.38. The summed E-state index contributed by atoms with van der Waals surface area (Å²) in [4.78, 5) is 14.9. The van der Waals surface area contributed by atoms with E-state index in [1.165, 1.54) is 16.8 Å². The molecule has 30 heavy (non-hydrogen) atoms. The average molecular weight is 407 g/mol. The van der Waals surface area contributed by atoms with E-state index in [2.05, 4.69) is 61.3 Å². The van der Waals surface area contributed by atoms with Crippen molar-refractivity contribution in [3.8, 4) is 11.5 Å². The molecule has 1 fully saturated rings. The Hall–Kier alpha value is -2.95. The van der Waals surface area contributed by atoms with Gasteiger partial charge in [0.05, 0.1) is 14.2 Å². The Labute approximate surface area is 178 Å². The normalized spacial score (nSPS) is 21.9. The van der Waals surface area contributed by atoms with Crippen molar-refractivity contribution in [3.05, 3.63) is 59.2 Å². The number of amides is 1. The first-order chi connectivity index (χ1) is 14.4. The Morgan fingerprint density at radius 1 is 1.10 bits per heavy atom. The van der Waals surface area contributed by atoms with Crippen molar-refractivity contribution >= 4 is 17.7 Å². The molecule has 1 amide bonds. The molecule has 0 bridgehead atoms. The molecular weight excluding hydrogens is 376 g/mol. The molecule has 158 valence electrons. The van der Waals surface area contributed by atoms with Gasteiger partial charge in [0.15, 0.2) is 11.5 Å². The van der Waals surface area contributed by atoms with E-state index in [4.69, 9.17) is 9.47 Å². The van der Waals surface area contributed by atoms with Crippen LogP contribution in [0.25, 0.3) is 6.08 Å². The van der Waals surface area contributed by atoms with Gasteiger partial charge in [-0.25, -0.2) is 0 Å². The van der Waals surface area contributed by atoms with Gasteiger partial charge in [-0.15, -0.1) is 0 Å². The summed E-state index contributed by atoms with van der Waals surface area (Å²) >= 11 is 0. The quantitative estimate of drug-likeness (QED) is 0.805. The van der Waals surface area contributed by atoms with Crippen LogP contribution < -0.4 is 19.7 Å². The first-order valence-electron chi connectivity index (χ1n) is 10.5. The Kier molecular flexibility index (Phi) is 5.00. The Bertz CT molecular complexity index is 1010. The molecule has 0 aliphatic carbocycles. The molecule has 0 unspecified atom stereocenters. The first kappa shape index (κ1) is 20.3.